The minimum atomic E-state index is -2.34. The summed E-state index contributed by atoms with van der Waals surface area (Å²) in [5, 5.41) is 20.8. The molecule has 4 nitrogen and oxygen atoms in total. The van der Waals surface area contributed by atoms with Crippen LogP contribution in [0.5, 0.6) is 5.75 Å². The second-order valence-electron chi connectivity index (χ2n) is 5.37. The van der Waals surface area contributed by atoms with Crippen LogP contribution in [0, 0.1) is 13.8 Å². The Morgan fingerprint density at radius 2 is 1.38 bits per heavy atom. The first-order chi connectivity index (χ1) is 9.87. The fourth-order valence-electron chi connectivity index (χ4n) is 2.71. The summed E-state index contributed by atoms with van der Waals surface area (Å²) in [4.78, 5) is 25.0. The molecule has 21 heavy (non-hydrogen) atoms. The molecular formula is C17H14O4. The van der Waals surface area contributed by atoms with Crippen LogP contribution < -0.4 is 0 Å². The van der Waals surface area contributed by atoms with Crippen LogP contribution in [0.15, 0.2) is 36.4 Å². The van der Waals surface area contributed by atoms with Gasteiger partial charge in [-0.15, -0.1) is 0 Å². The number of aryl methyl sites for hydroxylation is 2. The van der Waals surface area contributed by atoms with Crippen LogP contribution in [0.1, 0.15) is 37.4 Å². The third kappa shape index (κ3) is 1.66. The number of phenols is 1. The van der Waals surface area contributed by atoms with Crippen LogP contribution in [-0.4, -0.2) is 21.8 Å². The fraction of sp³-hybridized carbons (Fsp3) is 0.176. The van der Waals surface area contributed by atoms with Gasteiger partial charge in [0.05, 0.1) is 0 Å². The van der Waals surface area contributed by atoms with Gasteiger partial charge in [0.1, 0.15) is 5.75 Å². The SMILES string of the molecule is Cc1cc(O)c(C2(O)C(=O)c3ccccc3C2=O)cc1C. The summed E-state index contributed by atoms with van der Waals surface area (Å²) in [5.74, 6) is -1.64. The van der Waals surface area contributed by atoms with Gasteiger partial charge in [0.25, 0.3) is 0 Å². The number of hydrogen-bond acceptors (Lipinski definition) is 4. The molecule has 0 aliphatic heterocycles. The molecule has 0 fully saturated rings. The summed E-state index contributed by atoms with van der Waals surface area (Å²) in [6.07, 6.45) is 0. The molecule has 0 amide bonds. The predicted molar refractivity (Wildman–Crippen MR) is 76.6 cm³/mol. The molecule has 0 aromatic heterocycles. The molecule has 106 valence electrons. The van der Waals surface area contributed by atoms with Crippen molar-refractivity contribution in [3.05, 3.63) is 64.2 Å². The largest absolute Gasteiger partial charge is 0.508 e. The Labute approximate surface area is 121 Å². The second-order valence-corrected chi connectivity index (χ2v) is 5.37. The first-order valence-electron chi connectivity index (χ1n) is 6.59. The molecule has 0 saturated heterocycles. The minimum absolute atomic E-state index is 0.0585. The molecule has 0 atom stereocenters. The van der Waals surface area contributed by atoms with Crippen LogP contribution in [0.3, 0.4) is 0 Å². The molecule has 2 aromatic rings. The van der Waals surface area contributed by atoms with Crippen molar-refractivity contribution in [3.8, 4) is 5.75 Å². The lowest BCUT2D eigenvalue weighted by atomic mass is 9.86. The third-order valence-corrected chi connectivity index (χ3v) is 4.08. The van der Waals surface area contributed by atoms with Crippen molar-refractivity contribution in [1.29, 1.82) is 0 Å². The molecule has 2 N–H and O–H groups in total. The molecule has 2 aromatic carbocycles. The highest BCUT2D eigenvalue weighted by Crippen LogP contribution is 2.41. The molecule has 0 heterocycles. The van der Waals surface area contributed by atoms with Crippen molar-refractivity contribution in [1.82, 2.24) is 0 Å². The lowest BCUT2D eigenvalue weighted by Gasteiger charge is -2.21. The smallest absolute Gasteiger partial charge is 0.220 e. The standard InChI is InChI=1S/C17H14O4/c1-9-7-13(14(18)8-10(9)2)17(21)15(19)11-5-3-4-6-12(11)16(17)20/h3-8,18,21H,1-2H3. The molecule has 0 spiro atoms. The van der Waals surface area contributed by atoms with Gasteiger partial charge in [-0.3, -0.25) is 9.59 Å². The summed E-state index contributed by atoms with van der Waals surface area (Å²) in [7, 11) is 0. The number of fused-ring (bicyclic) bond motifs is 1. The highest BCUT2D eigenvalue weighted by molar-refractivity contribution is 6.32. The number of aliphatic hydroxyl groups is 1. The van der Waals surface area contributed by atoms with E-state index in [1.54, 1.807) is 26.0 Å². The average Bonchev–Trinajstić information content (AvgIpc) is 2.66. The molecule has 0 bridgehead atoms. The van der Waals surface area contributed by atoms with Crippen molar-refractivity contribution in [2.45, 2.75) is 19.4 Å². The summed E-state index contributed by atoms with van der Waals surface area (Å²) < 4.78 is 0. The predicted octanol–water partition coefficient (Wildman–Crippen LogP) is 2.28. The number of Topliss-reactive ketones (excluding diaryl/α,β-unsaturated/α-hetero) is 2. The summed E-state index contributed by atoms with van der Waals surface area (Å²) in [6, 6.07) is 9.22. The van der Waals surface area contributed by atoms with Gasteiger partial charge in [-0.05, 0) is 37.1 Å². The van der Waals surface area contributed by atoms with Gasteiger partial charge < -0.3 is 10.2 Å². The molecule has 1 aliphatic rings. The van der Waals surface area contributed by atoms with E-state index in [0.717, 1.165) is 11.1 Å². The van der Waals surface area contributed by atoms with Crippen LogP contribution in [-0.2, 0) is 5.60 Å². The minimum Gasteiger partial charge on any atom is -0.508 e. The first-order valence-corrected chi connectivity index (χ1v) is 6.59. The van der Waals surface area contributed by atoms with Crippen molar-refractivity contribution in [3.63, 3.8) is 0 Å². The second kappa shape index (κ2) is 4.27. The van der Waals surface area contributed by atoms with E-state index < -0.39 is 17.2 Å². The monoisotopic (exact) mass is 282 g/mol. The number of rotatable bonds is 1. The van der Waals surface area contributed by atoms with Gasteiger partial charge in [0.15, 0.2) is 0 Å². The van der Waals surface area contributed by atoms with E-state index in [9.17, 15) is 19.8 Å². The zero-order chi connectivity index (χ0) is 15.4. The van der Waals surface area contributed by atoms with Crippen LogP contribution in [0.4, 0.5) is 0 Å². The summed E-state index contributed by atoms with van der Waals surface area (Å²) in [6.45, 7) is 3.59. The number of hydrogen-bond donors (Lipinski definition) is 2. The Morgan fingerprint density at radius 1 is 0.905 bits per heavy atom. The van der Waals surface area contributed by atoms with E-state index in [2.05, 4.69) is 0 Å². The van der Waals surface area contributed by atoms with Gasteiger partial charge >= 0.3 is 0 Å². The number of benzene rings is 2. The van der Waals surface area contributed by atoms with Crippen molar-refractivity contribution in [2.24, 2.45) is 0 Å². The van der Waals surface area contributed by atoms with Gasteiger partial charge in [0.2, 0.25) is 17.2 Å². The van der Waals surface area contributed by atoms with Crippen molar-refractivity contribution < 1.29 is 19.8 Å². The molecule has 0 unspecified atom stereocenters. The summed E-state index contributed by atoms with van der Waals surface area (Å²) in [5.41, 5.74) is -0.434. The number of aromatic hydroxyl groups is 1. The number of carbonyl (C=O) groups excluding carboxylic acids is 2. The molecule has 0 saturated carbocycles. The zero-order valence-corrected chi connectivity index (χ0v) is 11.7. The van der Waals surface area contributed by atoms with Crippen LogP contribution in [0.25, 0.3) is 0 Å². The highest BCUT2D eigenvalue weighted by atomic mass is 16.3. The van der Waals surface area contributed by atoms with Crippen molar-refractivity contribution in [2.75, 3.05) is 0 Å². The lowest BCUT2D eigenvalue weighted by Crippen LogP contribution is -2.38. The number of ketones is 2. The number of carbonyl (C=O) groups is 2. The molecule has 0 radical (unpaired) electrons. The highest BCUT2D eigenvalue weighted by Gasteiger charge is 2.54. The molecular weight excluding hydrogens is 268 g/mol. The Balaban J connectivity index is 2.27. The Kier molecular flexibility index (Phi) is 2.75. The first kappa shape index (κ1) is 13.5. The maximum atomic E-state index is 12.5. The number of phenolic OH excluding ortho intramolecular Hbond substituents is 1. The van der Waals surface area contributed by atoms with Gasteiger partial charge in [-0.2, -0.15) is 0 Å². The Bertz CT molecular complexity index is 754. The van der Waals surface area contributed by atoms with Crippen LogP contribution in [0.2, 0.25) is 0 Å². The van der Waals surface area contributed by atoms with E-state index >= 15 is 0 Å². The van der Waals surface area contributed by atoms with E-state index in [0.29, 0.717) is 0 Å². The zero-order valence-electron chi connectivity index (χ0n) is 11.7. The maximum absolute atomic E-state index is 12.5. The third-order valence-electron chi connectivity index (χ3n) is 4.08. The maximum Gasteiger partial charge on any atom is 0.220 e. The van der Waals surface area contributed by atoms with Gasteiger partial charge in [0, 0.05) is 16.7 Å². The topological polar surface area (TPSA) is 74.6 Å². The van der Waals surface area contributed by atoms with E-state index in [4.69, 9.17) is 0 Å². The molecule has 3 rings (SSSR count). The Hall–Kier alpha value is -2.46. The average molecular weight is 282 g/mol. The molecule has 4 heteroatoms. The van der Waals surface area contributed by atoms with Crippen molar-refractivity contribution >= 4 is 11.6 Å². The normalized spacial score (nSPS) is 16.1. The summed E-state index contributed by atoms with van der Waals surface area (Å²) >= 11 is 0. The lowest BCUT2D eigenvalue weighted by molar-refractivity contribution is 0.0312. The van der Waals surface area contributed by atoms with Gasteiger partial charge in [-0.1, -0.05) is 24.3 Å². The van der Waals surface area contributed by atoms with Gasteiger partial charge in [-0.25, -0.2) is 0 Å². The quantitative estimate of drug-likeness (QED) is 0.787. The molecule has 1 aliphatic carbocycles. The Morgan fingerprint density at radius 3 is 1.90 bits per heavy atom. The van der Waals surface area contributed by atoms with E-state index in [-0.39, 0.29) is 22.4 Å². The van der Waals surface area contributed by atoms with E-state index in [1.807, 2.05) is 0 Å². The van der Waals surface area contributed by atoms with Crippen LogP contribution >= 0.6 is 0 Å². The van der Waals surface area contributed by atoms with E-state index in [1.165, 1.54) is 24.3 Å². The fourth-order valence-corrected chi connectivity index (χ4v) is 2.71.